The Morgan fingerprint density at radius 2 is 1.91 bits per heavy atom. The molecule has 0 saturated heterocycles. The van der Waals surface area contributed by atoms with E-state index in [4.69, 9.17) is 4.18 Å². The van der Waals surface area contributed by atoms with Crippen molar-refractivity contribution in [1.82, 2.24) is 0 Å². The molecule has 2 aliphatic rings. The molecule has 0 N–H and O–H groups in total. The summed E-state index contributed by atoms with van der Waals surface area (Å²) in [6.07, 6.45) is 4.89. The van der Waals surface area contributed by atoms with E-state index in [9.17, 15) is 4.21 Å². The topological polar surface area (TPSA) is 26.3 Å². The predicted octanol–water partition coefficient (Wildman–Crippen LogP) is 1.55. The van der Waals surface area contributed by atoms with Crippen LogP contribution in [0.15, 0.2) is 11.1 Å². The zero-order valence-corrected chi connectivity index (χ0v) is 7.28. The lowest BCUT2D eigenvalue weighted by Crippen LogP contribution is -2.19. The number of hydrogen-bond acceptors (Lipinski definition) is 2. The third kappa shape index (κ3) is 1.54. The molecule has 1 unspecified atom stereocenters. The Morgan fingerprint density at radius 3 is 2.73 bits per heavy atom. The van der Waals surface area contributed by atoms with Gasteiger partial charge in [0, 0.05) is 0 Å². The standard InChI is InChI=1S/C8H12O2S/c9-11-6-8-4-2-1-3-7(8)5-10-11/h1-6H2. The second-order valence-electron chi connectivity index (χ2n) is 3.12. The zero-order chi connectivity index (χ0) is 7.68. The number of rotatable bonds is 0. The number of hydrogen-bond donors (Lipinski definition) is 0. The summed E-state index contributed by atoms with van der Waals surface area (Å²) in [6.45, 7) is 0.627. The van der Waals surface area contributed by atoms with Crippen LogP contribution in [0.3, 0.4) is 0 Å². The van der Waals surface area contributed by atoms with Crippen molar-refractivity contribution in [2.24, 2.45) is 0 Å². The average Bonchev–Trinajstić information content (AvgIpc) is 2.04. The van der Waals surface area contributed by atoms with Crippen molar-refractivity contribution >= 4 is 11.1 Å². The molecule has 2 rings (SSSR count). The van der Waals surface area contributed by atoms with E-state index in [1.165, 1.54) is 30.4 Å². The summed E-state index contributed by atoms with van der Waals surface area (Å²) in [5.74, 6) is 0.676. The molecule has 0 fully saturated rings. The SMILES string of the molecule is O=S1CC2=C(CCCC2)CO1. The first-order valence-electron chi connectivity index (χ1n) is 4.07. The van der Waals surface area contributed by atoms with Crippen LogP contribution in [0, 0.1) is 0 Å². The molecule has 0 radical (unpaired) electrons. The van der Waals surface area contributed by atoms with Gasteiger partial charge in [0.25, 0.3) is 0 Å². The van der Waals surface area contributed by atoms with Gasteiger partial charge in [-0.25, -0.2) is 4.21 Å². The maximum absolute atomic E-state index is 11.0. The fourth-order valence-corrected chi connectivity index (χ4v) is 2.69. The third-order valence-electron chi connectivity index (χ3n) is 2.36. The monoisotopic (exact) mass is 172 g/mol. The summed E-state index contributed by atoms with van der Waals surface area (Å²) in [5, 5.41) is 0. The Balaban J connectivity index is 2.18. The quantitative estimate of drug-likeness (QED) is 0.518. The van der Waals surface area contributed by atoms with Gasteiger partial charge in [0.05, 0.1) is 12.4 Å². The molecule has 11 heavy (non-hydrogen) atoms. The second kappa shape index (κ2) is 3.07. The van der Waals surface area contributed by atoms with Crippen molar-refractivity contribution in [3.8, 4) is 0 Å². The lowest BCUT2D eigenvalue weighted by molar-refractivity contribution is 0.362. The van der Waals surface area contributed by atoms with E-state index in [0.29, 0.717) is 12.4 Å². The van der Waals surface area contributed by atoms with Gasteiger partial charge < -0.3 is 0 Å². The molecule has 0 aromatic heterocycles. The highest BCUT2D eigenvalue weighted by molar-refractivity contribution is 7.80. The normalized spacial score (nSPS) is 31.8. The molecule has 1 heterocycles. The van der Waals surface area contributed by atoms with Gasteiger partial charge in [0.15, 0.2) is 11.1 Å². The van der Waals surface area contributed by atoms with Crippen LogP contribution in [-0.4, -0.2) is 16.6 Å². The minimum Gasteiger partial charge on any atom is -0.286 e. The molecule has 0 saturated carbocycles. The second-order valence-corrected chi connectivity index (χ2v) is 4.26. The largest absolute Gasteiger partial charge is 0.286 e. The van der Waals surface area contributed by atoms with Gasteiger partial charge >= 0.3 is 0 Å². The summed E-state index contributed by atoms with van der Waals surface area (Å²) in [4.78, 5) is 0. The van der Waals surface area contributed by atoms with Crippen LogP contribution in [-0.2, 0) is 15.3 Å². The van der Waals surface area contributed by atoms with Gasteiger partial charge in [-0.2, -0.15) is 0 Å². The minimum absolute atomic E-state index is 0.627. The smallest absolute Gasteiger partial charge is 0.159 e. The van der Waals surface area contributed by atoms with Crippen LogP contribution in [0.4, 0.5) is 0 Å². The Hall–Kier alpha value is -0.150. The van der Waals surface area contributed by atoms with Crippen LogP contribution in [0.25, 0.3) is 0 Å². The van der Waals surface area contributed by atoms with Crippen molar-refractivity contribution < 1.29 is 8.39 Å². The van der Waals surface area contributed by atoms with Gasteiger partial charge in [-0.1, -0.05) is 5.57 Å². The van der Waals surface area contributed by atoms with E-state index >= 15 is 0 Å². The fourth-order valence-electron chi connectivity index (χ4n) is 1.70. The van der Waals surface area contributed by atoms with E-state index in [1.807, 2.05) is 0 Å². The van der Waals surface area contributed by atoms with Gasteiger partial charge in [-0.15, -0.1) is 0 Å². The summed E-state index contributed by atoms with van der Waals surface area (Å²) >= 11 is -1.02. The van der Waals surface area contributed by atoms with E-state index in [-0.39, 0.29) is 0 Å². The lowest BCUT2D eigenvalue weighted by Gasteiger charge is -2.23. The highest BCUT2D eigenvalue weighted by atomic mass is 32.2. The molecule has 0 aromatic rings. The Kier molecular flexibility index (Phi) is 2.09. The minimum atomic E-state index is -1.02. The van der Waals surface area contributed by atoms with Crippen molar-refractivity contribution in [3.63, 3.8) is 0 Å². The van der Waals surface area contributed by atoms with Crippen molar-refractivity contribution in [3.05, 3.63) is 11.1 Å². The lowest BCUT2D eigenvalue weighted by atomic mass is 9.93. The Bertz CT molecular complexity index is 220. The van der Waals surface area contributed by atoms with E-state index in [1.54, 1.807) is 0 Å². The molecule has 0 amide bonds. The maximum Gasteiger partial charge on any atom is 0.159 e. The van der Waals surface area contributed by atoms with Crippen molar-refractivity contribution in [1.29, 1.82) is 0 Å². The van der Waals surface area contributed by atoms with Crippen LogP contribution in [0.2, 0.25) is 0 Å². The van der Waals surface area contributed by atoms with Crippen LogP contribution in [0.1, 0.15) is 25.7 Å². The fraction of sp³-hybridized carbons (Fsp3) is 0.750. The highest BCUT2D eigenvalue weighted by Crippen LogP contribution is 2.28. The first kappa shape index (κ1) is 7.50. The summed E-state index contributed by atoms with van der Waals surface area (Å²) < 4.78 is 16.0. The van der Waals surface area contributed by atoms with Crippen molar-refractivity contribution in [2.45, 2.75) is 25.7 Å². The summed E-state index contributed by atoms with van der Waals surface area (Å²) in [5.41, 5.74) is 2.84. The van der Waals surface area contributed by atoms with Gasteiger partial charge in [-0.05, 0) is 31.3 Å². The Labute approximate surface area is 69.3 Å². The molecule has 62 valence electrons. The molecule has 0 aromatic carbocycles. The van der Waals surface area contributed by atoms with Crippen LogP contribution < -0.4 is 0 Å². The molecule has 1 aliphatic heterocycles. The highest BCUT2D eigenvalue weighted by Gasteiger charge is 2.20. The molecular weight excluding hydrogens is 160 g/mol. The van der Waals surface area contributed by atoms with Gasteiger partial charge in [0.1, 0.15) is 0 Å². The summed E-state index contributed by atoms with van der Waals surface area (Å²) in [6, 6.07) is 0. The van der Waals surface area contributed by atoms with Gasteiger partial charge in [-0.3, -0.25) is 4.18 Å². The molecule has 2 nitrogen and oxygen atoms in total. The molecule has 1 atom stereocenters. The molecule has 0 bridgehead atoms. The zero-order valence-electron chi connectivity index (χ0n) is 6.47. The third-order valence-corrected chi connectivity index (χ3v) is 3.33. The van der Waals surface area contributed by atoms with E-state index in [0.717, 1.165) is 6.42 Å². The van der Waals surface area contributed by atoms with Crippen LogP contribution >= 0.6 is 0 Å². The summed E-state index contributed by atoms with van der Waals surface area (Å²) in [7, 11) is 0. The molecular formula is C8H12O2S. The van der Waals surface area contributed by atoms with Gasteiger partial charge in [0.2, 0.25) is 0 Å². The van der Waals surface area contributed by atoms with E-state index < -0.39 is 11.1 Å². The molecule has 0 spiro atoms. The molecule has 3 heteroatoms. The molecule has 1 aliphatic carbocycles. The first-order chi connectivity index (χ1) is 5.36. The van der Waals surface area contributed by atoms with Crippen molar-refractivity contribution in [2.75, 3.05) is 12.4 Å². The van der Waals surface area contributed by atoms with E-state index in [2.05, 4.69) is 0 Å². The average molecular weight is 172 g/mol. The Morgan fingerprint density at radius 1 is 1.18 bits per heavy atom. The first-order valence-corrected chi connectivity index (χ1v) is 5.32. The predicted molar refractivity (Wildman–Crippen MR) is 44.5 cm³/mol. The van der Waals surface area contributed by atoms with Crippen LogP contribution in [0.5, 0.6) is 0 Å². The maximum atomic E-state index is 11.0.